The van der Waals surface area contributed by atoms with Crippen molar-refractivity contribution < 1.29 is 28.4 Å². The number of rotatable bonds is 0. The van der Waals surface area contributed by atoms with Crippen molar-refractivity contribution in [3.05, 3.63) is 60.8 Å². The van der Waals surface area contributed by atoms with Gasteiger partial charge in [0, 0.05) is 11.5 Å². The highest BCUT2D eigenvalue weighted by Gasteiger charge is 2.11. The molecule has 0 bridgehead atoms. The van der Waals surface area contributed by atoms with Gasteiger partial charge in [0.1, 0.15) is 6.20 Å². The molecule has 0 aliphatic rings. The molecule has 0 saturated heterocycles. The highest BCUT2D eigenvalue weighted by atomic mass is 127. The molecule has 0 aliphatic heterocycles. The molecular weight excluding hydrogens is 335 g/mol. The molecule has 2 aromatic carbocycles. The molecule has 4 aromatic rings. The minimum atomic E-state index is 0. The van der Waals surface area contributed by atoms with E-state index in [2.05, 4.69) is 70.2 Å². The van der Waals surface area contributed by atoms with E-state index in [9.17, 15) is 0 Å². The van der Waals surface area contributed by atoms with Crippen molar-refractivity contribution in [3.8, 4) is 0 Å². The van der Waals surface area contributed by atoms with Crippen LogP contribution >= 0.6 is 0 Å². The molecule has 0 atom stereocenters. The van der Waals surface area contributed by atoms with E-state index in [1.807, 2.05) is 0 Å². The number of para-hydroxylation sites is 2. The van der Waals surface area contributed by atoms with Crippen molar-refractivity contribution in [2.24, 2.45) is 0 Å². The van der Waals surface area contributed by atoms with E-state index in [0.717, 1.165) is 5.65 Å². The van der Waals surface area contributed by atoms with Crippen LogP contribution < -0.4 is 28.4 Å². The first-order chi connectivity index (χ1) is 8.42. The second-order valence-electron chi connectivity index (χ2n) is 4.30. The van der Waals surface area contributed by atoms with Crippen LogP contribution in [0.5, 0.6) is 0 Å². The molecule has 88 valence electrons. The number of pyridine rings is 1. The summed E-state index contributed by atoms with van der Waals surface area (Å²) in [5.41, 5.74) is 3.51. The summed E-state index contributed by atoms with van der Waals surface area (Å²) < 4.78 is 2.21. The van der Waals surface area contributed by atoms with E-state index in [1.54, 1.807) is 0 Å². The van der Waals surface area contributed by atoms with Crippen LogP contribution in [0.1, 0.15) is 0 Å². The zero-order valence-electron chi connectivity index (χ0n) is 9.60. The fraction of sp³-hybridized carbons (Fsp3) is 0. The Morgan fingerprint density at radius 2 is 1.56 bits per heavy atom. The Balaban J connectivity index is 0.000001000. The molecule has 0 aliphatic carbocycles. The number of imidazole rings is 1. The molecule has 0 radical (unpaired) electrons. The Kier molecular flexibility index (Phi) is 2.70. The first-order valence-electron chi connectivity index (χ1n) is 5.73. The van der Waals surface area contributed by atoms with Crippen molar-refractivity contribution in [1.82, 2.24) is 4.98 Å². The summed E-state index contributed by atoms with van der Waals surface area (Å²) in [6.45, 7) is 0. The zero-order chi connectivity index (χ0) is 11.2. The highest BCUT2D eigenvalue weighted by Crippen LogP contribution is 2.16. The maximum absolute atomic E-state index is 3.43. The van der Waals surface area contributed by atoms with Gasteiger partial charge in [-0.05, 0) is 17.5 Å². The van der Waals surface area contributed by atoms with Gasteiger partial charge in [0.15, 0.2) is 11.0 Å². The highest BCUT2D eigenvalue weighted by molar-refractivity contribution is 5.85. The van der Waals surface area contributed by atoms with Gasteiger partial charge in [0.2, 0.25) is 0 Å². The summed E-state index contributed by atoms with van der Waals surface area (Å²) in [4.78, 5) is 3.43. The minimum absolute atomic E-state index is 0. The van der Waals surface area contributed by atoms with Crippen molar-refractivity contribution in [3.63, 3.8) is 0 Å². The van der Waals surface area contributed by atoms with Gasteiger partial charge in [-0.25, -0.2) is 4.98 Å². The molecule has 18 heavy (non-hydrogen) atoms. The van der Waals surface area contributed by atoms with Gasteiger partial charge < -0.3 is 24.0 Å². The van der Waals surface area contributed by atoms with Crippen LogP contribution in [0.4, 0.5) is 0 Å². The predicted octanol–water partition coefficient (Wildman–Crippen LogP) is 0.0638. The summed E-state index contributed by atoms with van der Waals surface area (Å²) in [5, 5.41) is 2.52. The number of halogens is 1. The standard InChI is InChI=1S/C15H10N2.HI/c1-2-6-12-10-17-14-8-4-3-7-13(14)16-15(17)9-11(12)5-1;/h1-10H;1H. The second-order valence-corrected chi connectivity index (χ2v) is 4.30. The number of H-pyrrole nitrogens is 1. The fourth-order valence-corrected chi connectivity index (χ4v) is 2.41. The summed E-state index contributed by atoms with van der Waals surface area (Å²) >= 11 is 0. The van der Waals surface area contributed by atoms with Gasteiger partial charge in [-0.1, -0.05) is 36.4 Å². The lowest BCUT2D eigenvalue weighted by Gasteiger charge is -1.94. The van der Waals surface area contributed by atoms with E-state index >= 15 is 0 Å². The van der Waals surface area contributed by atoms with Gasteiger partial charge in [-0.3, -0.25) is 0 Å². The average Bonchev–Trinajstić information content (AvgIpc) is 2.73. The molecule has 0 amide bonds. The average molecular weight is 346 g/mol. The molecule has 2 heterocycles. The number of nitrogens with zero attached hydrogens (tertiary/aromatic N) is 1. The molecule has 0 fully saturated rings. The Hall–Kier alpha value is -1.62. The van der Waals surface area contributed by atoms with E-state index < -0.39 is 0 Å². The number of aromatic nitrogens is 2. The predicted molar refractivity (Wildman–Crippen MR) is 69.0 cm³/mol. The molecule has 2 nitrogen and oxygen atoms in total. The first-order valence-corrected chi connectivity index (χ1v) is 5.73. The number of hydrogen-bond acceptors (Lipinski definition) is 0. The molecule has 0 unspecified atom stereocenters. The van der Waals surface area contributed by atoms with Gasteiger partial charge in [0.25, 0.3) is 5.65 Å². The van der Waals surface area contributed by atoms with Crippen LogP contribution in [-0.4, -0.2) is 4.98 Å². The van der Waals surface area contributed by atoms with Crippen LogP contribution in [0.15, 0.2) is 60.8 Å². The summed E-state index contributed by atoms with van der Waals surface area (Å²) in [7, 11) is 0. The SMILES string of the molecule is [I-].c1ccc2c[n+]3c(cc2c1)[nH]c1ccccc13. The van der Waals surface area contributed by atoms with Crippen molar-refractivity contribution >= 4 is 27.5 Å². The Morgan fingerprint density at radius 1 is 0.833 bits per heavy atom. The molecule has 3 heteroatoms. The monoisotopic (exact) mass is 346 g/mol. The number of aromatic amines is 1. The van der Waals surface area contributed by atoms with Gasteiger partial charge in [-0.15, -0.1) is 0 Å². The van der Waals surface area contributed by atoms with Crippen molar-refractivity contribution in [2.75, 3.05) is 0 Å². The van der Waals surface area contributed by atoms with Crippen LogP contribution in [0, 0.1) is 0 Å². The third-order valence-corrected chi connectivity index (χ3v) is 3.24. The van der Waals surface area contributed by atoms with Crippen LogP contribution in [0.2, 0.25) is 0 Å². The number of benzene rings is 2. The summed E-state index contributed by atoms with van der Waals surface area (Å²) in [5.74, 6) is 0. The quantitative estimate of drug-likeness (QED) is 0.343. The molecule has 0 spiro atoms. The van der Waals surface area contributed by atoms with E-state index in [1.165, 1.54) is 21.8 Å². The summed E-state index contributed by atoms with van der Waals surface area (Å²) in [6, 6.07) is 19.0. The van der Waals surface area contributed by atoms with E-state index in [-0.39, 0.29) is 24.0 Å². The Labute approximate surface area is 121 Å². The zero-order valence-corrected chi connectivity index (χ0v) is 11.8. The van der Waals surface area contributed by atoms with Gasteiger partial charge in [0.05, 0.1) is 0 Å². The van der Waals surface area contributed by atoms with Gasteiger partial charge in [-0.2, -0.15) is 4.40 Å². The lowest BCUT2D eigenvalue weighted by molar-refractivity contribution is -0.479. The third-order valence-electron chi connectivity index (χ3n) is 3.24. The molecular formula is C15H11IN2. The summed E-state index contributed by atoms with van der Waals surface area (Å²) in [6.07, 6.45) is 2.18. The molecule has 0 saturated carbocycles. The number of nitrogens with one attached hydrogen (secondary N) is 1. The fourth-order valence-electron chi connectivity index (χ4n) is 2.41. The Bertz CT molecular complexity index is 843. The largest absolute Gasteiger partial charge is 1.00 e. The second kappa shape index (κ2) is 4.24. The van der Waals surface area contributed by atoms with Crippen molar-refractivity contribution in [1.29, 1.82) is 0 Å². The van der Waals surface area contributed by atoms with Crippen molar-refractivity contribution in [2.45, 2.75) is 0 Å². The van der Waals surface area contributed by atoms with Crippen LogP contribution in [-0.2, 0) is 0 Å². The van der Waals surface area contributed by atoms with E-state index in [4.69, 9.17) is 0 Å². The number of fused-ring (bicyclic) bond motifs is 4. The lowest BCUT2D eigenvalue weighted by atomic mass is 10.2. The topological polar surface area (TPSA) is 19.9 Å². The molecule has 2 aromatic heterocycles. The Morgan fingerprint density at radius 3 is 2.44 bits per heavy atom. The normalized spacial score (nSPS) is 10.9. The maximum Gasteiger partial charge on any atom is 0.285 e. The smallest absolute Gasteiger partial charge is 0.285 e. The van der Waals surface area contributed by atoms with Crippen LogP contribution in [0.25, 0.3) is 27.5 Å². The van der Waals surface area contributed by atoms with E-state index in [0.29, 0.717) is 0 Å². The molecule has 4 rings (SSSR count). The van der Waals surface area contributed by atoms with Gasteiger partial charge >= 0.3 is 0 Å². The third kappa shape index (κ3) is 1.58. The lowest BCUT2D eigenvalue weighted by Crippen LogP contribution is -3.00. The number of hydrogen-bond donors (Lipinski definition) is 1. The molecule has 1 N–H and O–H groups in total. The first kappa shape index (κ1) is 11.5. The van der Waals surface area contributed by atoms with Crippen LogP contribution in [0.3, 0.4) is 0 Å². The minimum Gasteiger partial charge on any atom is -1.00 e. The maximum atomic E-state index is 3.43.